The molecular formula is C40H50N2O6S. The van der Waals surface area contributed by atoms with Crippen LogP contribution in [0.1, 0.15) is 55.2 Å². The Hall–Kier alpha value is -4.34. The van der Waals surface area contributed by atoms with Crippen molar-refractivity contribution in [3.8, 4) is 5.75 Å². The summed E-state index contributed by atoms with van der Waals surface area (Å²) in [5, 5.41) is 15.9. The van der Waals surface area contributed by atoms with Gasteiger partial charge >= 0.3 is 5.97 Å². The van der Waals surface area contributed by atoms with Crippen LogP contribution in [0.4, 0.5) is 0 Å². The molecule has 3 N–H and O–H groups in total. The molecular weight excluding hydrogens is 637 g/mol. The number of unbranched alkanes of at least 4 members (excludes halogenated alkanes) is 2. The van der Waals surface area contributed by atoms with Gasteiger partial charge in [-0.15, -0.1) is 13.2 Å². The number of ether oxygens (including phenoxy) is 2. The third kappa shape index (κ3) is 16.1. The number of allylic oxidation sites excluding steroid dienone is 2. The fourth-order valence-corrected chi connectivity index (χ4v) is 6.08. The molecule has 3 aromatic rings. The lowest BCUT2D eigenvalue weighted by Gasteiger charge is -2.23. The summed E-state index contributed by atoms with van der Waals surface area (Å²) in [5.74, 6) is 0.369. The number of esters is 1. The van der Waals surface area contributed by atoms with Crippen molar-refractivity contribution in [3.05, 3.63) is 127 Å². The van der Waals surface area contributed by atoms with Gasteiger partial charge in [-0.1, -0.05) is 84.9 Å². The number of aliphatic hydroxyl groups is 1. The molecule has 3 atom stereocenters. The van der Waals surface area contributed by atoms with Crippen LogP contribution in [0.2, 0.25) is 0 Å². The van der Waals surface area contributed by atoms with E-state index < -0.39 is 18.0 Å². The van der Waals surface area contributed by atoms with E-state index in [4.69, 9.17) is 9.47 Å². The molecule has 0 aliphatic rings. The molecule has 0 spiro atoms. The predicted octanol–water partition coefficient (Wildman–Crippen LogP) is 6.58. The van der Waals surface area contributed by atoms with Crippen LogP contribution < -0.4 is 15.4 Å². The van der Waals surface area contributed by atoms with Gasteiger partial charge in [0.05, 0.1) is 24.6 Å². The minimum absolute atomic E-state index is 0.0451. The van der Waals surface area contributed by atoms with E-state index in [9.17, 15) is 19.5 Å². The zero-order valence-electron chi connectivity index (χ0n) is 28.3. The number of hydrogen-bond donors (Lipinski definition) is 3. The highest BCUT2D eigenvalue weighted by atomic mass is 32.2. The maximum atomic E-state index is 13.5. The second-order valence-electron chi connectivity index (χ2n) is 11.9. The van der Waals surface area contributed by atoms with Gasteiger partial charge in [-0.2, -0.15) is 11.8 Å². The highest BCUT2D eigenvalue weighted by molar-refractivity contribution is 7.98. The fourth-order valence-electron chi connectivity index (χ4n) is 5.07. The van der Waals surface area contributed by atoms with Gasteiger partial charge in [0.15, 0.2) is 0 Å². The molecule has 49 heavy (non-hydrogen) atoms. The lowest BCUT2D eigenvalue weighted by Crippen LogP contribution is -2.45. The Balaban J connectivity index is 1.53. The summed E-state index contributed by atoms with van der Waals surface area (Å²) in [6.07, 6.45) is 6.81. The molecule has 9 heteroatoms. The SMILES string of the molecule is C=CCCCCC(=O)OC[C@H](CSCc1ccccc1)NC(=O)[C@@H](CC=C)CC(=O)N[C@H](CO)Cc1ccc(OCc2ccccc2)cc1. The molecule has 0 aliphatic carbocycles. The van der Waals surface area contributed by atoms with Crippen molar-refractivity contribution in [2.24, 2.45) is 5.92 Å². The topological polar surface area (TPSA) is 114 Å². The second-order valence-corrected chi connectivity index (χ2v) is 12.9. The van der Waals surface area contributed by atoms with Crippen LogP contribution in [0.25, 0.3) is 0 Å². The molecule has 2 amide bonds. The van der Waals surface area contributed by atoms with Gasteiger partial charge in [-0.25, -0.2) is 0 Å². The van der Waals surface area contributed by atoms with Crippen molar-refractivity contribution in [2.45, 2.75) is 69.4 Å². The summed E-state index contributed by atoms with van der Waals surface area (Å²) < 4.78 is 11.4. The van der Waals surface area contributed by atoms with E-state index in [1.54, 1.807) is 17.8 Å². The molecule has 0 aliphatic heterocycles. The molecule has 0 heterocycles. The summed E-state index contributed by atoms with van der Waals surface area (Å²) in [6.45, 7) is 7.74. The van der Waals surface area contributed by atoms with Crippen LogP contribution in [-0.2, 0) is 37.9 Å². The average Bonchev–Trinajstić information content (AvgIpc) is 3.12. The Labute approximate surface area is 295 Å². The van der Waals surface area contributed by atoms with Crippen LogP contribution in [0, 0.1) is 5.92 Å². The molecule has 3 rings (SSSR count). The van der Waals surface area contributed by atoms with Gasteiger partial charge in [-0.3, -0.25) is 14.4 Å². The summed E-state index contributed by atoms with van der Waals surface area (Å²) in [4.78, 5) is 38.9. The molecule has 0 bridgehead atoms. The van der Waals surface area contributed by atoms with Crippen molar-refractivity contribution < 1.29 is 29.0 Å². The first-order chi connectivity index (χ1) is 23.9. The van der Waals surface area contributed by atoms with E-state index >= 15 is 0 Å². The number of nitrogens with one attached hydrogen (secondary N) is 2. The lowest BCUT2D eigenvalue weighted by atomic mass is 9.98. The first-order valence-electron chi connectivity index (χ1n) is 16.9. The third-order valence-corrected chi connectivity index (χ3v) is 8.93. The van der Waals surface area contributed by atoms with Crippen LogP contribution in [0.5, 0.6) is 5.75 Å². The van der Waals surface area contributed by atoms with Gasteiger partial charge in [0.1, 0.15) is 19.0 Å². The number of thioether (sulfide) groups is 1. The normalized spacial score (nSPS) is 12.6. The van der Waals surface area contributed by atoms with Gasteiger partial charge < -0.3 is 25.2 Å². The Morgan fingerprint density at radius 1 is 0.816 bits per heavy atom. The molecule has 0 saturated heterocycles. The monoisotopic (exact) mass is 686 g/mol. The van der Waals surface area contributed by atoms with Crippen LogP contribution in [0.15, 0.2) is 110 Å². The summed E-state index contributed by atoms with van der Waals surface area (Å²) in [6, 6.07) is 26.5. The largest absolute Gasteiger partial charge is 0.489 e. The first kappa shape index (κ1) is 39.1. The van der Waals surface area contributed by atoms with Gasteiger partial charge in [0.25, 0.3) is 0 Å². The number of carbonyl (C=O) groups excluding carboxylic acids is 3. The van der Waals surface area contributed by atoms with E-state index in [-0.39, 0.29) is 37.4 Å². The number of benzene rings is 3. The van der Waals surface area contributed by atoms with Crippen molar-refractivity contribution >= 4 is 29.5 Å². The maximum Gasteiger partial charge on any atom is 0.305 e. The van der Waals surface area contributed by atoms with Crippen molar-refractivity contribution in [1.82, 2.24) is 10.6 Å². The zero-order valence-corrected chi connectivity index (χ0v) is 29.1. The maximum absolute atomic E-state index is 13.5. The molecule has 3 aromatic carbocycles. The first-order valence-corrected chi connectivity index (χ1v) is 18.0. The van der Waals surface area contributed by atoms with E-state index in [0.29, 0.717) is 38.0 Å². The van der Waals surface area contributed by atoms with Gasteiger partial charge in [-0.05, 0) is 60.9 Å². The smallest absolute Gasteiger partial charge is 0.305 e. The number of rotatable bonds is 24. The average molecular weight is 687 g/mol. The zero-order chi connectivity index (χ0) is 35.1. The second kappa shape index (κ2) is 23.1. The van der Waals surface area contributed by atoms with E-state index in [1.165, 1.54) is 0 Å². The van der Waals surface area contributed by atoms with Gasteiger partial charge in [0.2, 0.25) is 11.8 Å². The standard InChI is InChI=1S/C40H50N2O6S/c1-3-5-6-13-19-39(45)48-28-36(30-49-29-33-17-11-8-12-18-33)42-40(46)34(14-4-2)25-38(44)41-35(26-43)24-31-20-22-37(23-21-31)47-27-32-15-9-7-10-16-32/h3-4,7-12,15-18,20-23,34-36,43H,1-2,5-6,13-14,19,24-30H2,(H,41,44)(H,42,46)/t34-,35-,36+/m0/s1. The summed E-state index contributed by atoms with van der Waals surface area (Å²) >= 11 is 1.63. The minimum atomic E-state index is -0.672. The van der Waals surface area contributed by atoms with Crippen molar-refractivity contribution in [3.63, 3.8) is 0 Å². The summed E-state index contributed by atoms with van der Waals surface area (Å²) in [5.41, 5.74) is 3.16. The van der Waals surface area contributed by atoms with Crippen LogP contribution >= 0.6 is 11.8 Å². The van der Waals surface area contributed by atoms with E-state index in [0.717, 1.165) is 41.0 Å². The predicted molar refractivity (Wildman–Crippen MR) is 197 cm³/mol. The summed E-state index contributed by atoms with van der Waals surface area (Å²) in [7, 11) is 0. The Morgan fingerprint density at radius 3 is 2.16 bits per heavy atom. The number of carbonyl (C=O) groups is 3. The van der Waals surface area contributed by atoms with Crippen LogP contribution in [0.3, 0.4) is 0 Å². The van der Waals surface area contributed by atoms with Crippen molar-refractivity contribution in [1.29, 1.82) is 0 Å². The minimum Gasteiger partial charge on any atom is -0.489 e. The number of hydrogen-bond acceptors (Lipinski definition) is 7. The highest BCUT2D eigenvalue weighted by Gasteiger charge is 2.25. The number of aliphatic hydroxyl groups excluding tert-OH is 1. The molecule has 0 saturated carbocycles. The van der Waals surface area contributed by atoms with E-state index in [2.05, 4.69) is 23.8 Å². The molecule has 0 radical (unpaired) electrons. The fraction of sp³-hybridized carbons (Fsp3) is 0.375. The molecule has 8 nitrogen and oxygen atoms in total. The quantitative estimate of drug-likeness (QED) is 0.0555. The van der Waals surface area contributed by atoms with E-state index in [1.807, 2.05) is 91.0 Å². The Bertz CT molecular complexity index is 1420. The van der Waals surface area contributed by atoms with Gasteiger partial charge in [0, 0.05) is 24.3 Å². The molecule has 0 unspecified atom stereocenters. The molecule has 262 valence electrons. The highest BCUT2D eigenvalue weighted by Crippen LogP contribution is 2.18. The Kier molecular flexibility index (Phi) is 18.4. The molecule has 0 aromatic heterocycles. The Morgan fingerprint density at radius 2 is 1.51 bits per heavy atom. The molecule has 0 fully saturated rings. The lowest BCUT2D eigenvalue weighted by molar-refractivity contribution is -0.145. The number of amides is 2. The third-order valence-electron chi connectivity index (χ3n) is 7.75. The van der Waals surface area contributed by atoms with Crippen molar-refractivity contribution in [2.75, 3.05) is 19.0 Å². The van der Waals surface area contributed by atoms with Crippen LogP contribution in [-0.4, -0.2) is 53.9 Å².